The van der Waals surface area contributed by atoms with Crippen LogP contribution in [0.5, 0.6) is 5.75 Å². The van der Waals surface area contributed by atoms with Gasteiger partial charge in [0.1, 0.15) is 22.9 Å². The summed E-state index contributed by atoms with van der Waals surface area (Å²) in [6.07, 6.45) is 1.60. The number of hydrogen-bond donors (Lipinski definition) is 2. The molecule has 0 fully saturated rings. The molecule has 0 spiro atoms. The van der Waals surface area contributed by atoms with E-state index in [1.54, 1.807) is 18.3 Å². The van der Waals surface area contributed by atoms with Gasteiger partial charge in [-0.1, -0.05) is 0 Å². The second-order valence-corrected chi connectivity index (χ2v) is 5.04. The first-order valence-electron chi connectivity index (χ1n) is 6.00. The number of aromatic nitrogens is 3. The molecule has 0 aromatic carbocycles. The predicted octanol–water partition coefficient (Wildman–Crippen LogP) is 1.42. The standard InChI is InChI=1S/C13H12N4O2S/c14-5-8-1-2-9(6-15-8)19-7-11-16-10-3-4-20-12(10)13(18)17-11/h1-4,6H,5,7,14H2,(H,16,17,18). The first-order valence-corrected chi connectivity index (χ1v) is 6.88. The molecule has 20 heavy (non-hydrogen) atoms. The van der Waals surface area contributed by atoms with Crippen LogP contribution in [-0.4, -0.2) is 15.0 Å². The van der Waals surface area contributed by atoms with Crippen molar-refractivity contribution in [2.45, 2.75) is 13.2 Å². The summed E-state index contributed by atoms with van der Waals surface area (Å²) >= 11 is 1.37. The molecule has 7 heteroatoms. The first-order chi connectivity index (χ1) is 9.76. The molecule has 3 rings (SSSR count). The van der Waals surface area contributed by atoms with Gasteiger partial charge in [-0.3, -0.25) is 9.78 Å². The minimum absolute atomic E-state index is 0.139. The van der Waals surface area contributed by atoms with Gasteiger partial charge in [0.25, 0.3) is 5.56 Å². The molecule has 0 unspecified atom stereocenters. The lowest BCUT2D eigenvalue weighted by atomic mass is 10.3. The molecule has 0 atom stereocenters. The van der Waals surface area contributed by atoms with E-state index in [2.05, 4.69) is 15.0 Å². The second kappa shape index (κ2) is 5.40. The maximum absolute atomic E-state index is 11.8. The summed E-state index contributed by atoms with van der Waals surface area (Å²) in [6.45, 7) is 0.578. The molecule has 3 heterocycles. The Hall–Kier alpha value is -2.25. The number of ether oxygens (including phenoxy) is 1. The van der Waals surface area contributed by atoms with Crippen LogP contribution in [0.15, 0.2) is 34.6 Å². The van der Waals surface area contributed by atoms with Gasteiger partial charge < -0.3 is 15.5 Å². The van der Waals surface area contributed by atoms with E-state index in [-0.39, 0.29) is 12.2 Å². The third kappa shape index (κ3) is 2.54. The number of H-pyrrole nitrogens is 1. The van der Waals surface area contributed by atoms with Crippen molar-refractivity contribution in [1.29, 1.82) is 0 Å². The van der Waals surface area contributed by atoms with Crippen LogP contribution < -0.4 is 16.0 Å². The lowest BCUT2D eigenvalue weighted by molar-refractivity contribution is 0.294. The van der Waals surface area contributed by atoms with Crippen LogP contribution in [0.25, 0.3) is 10.2 Å². The van der Waals surface area contributed by atoms with Crippen molar-refractivity contribution < 1.29 is 4.74 Å². The van der Waals surface area contributed by atoms with Crippen molar-refractivity contribution >= 4 is 21.6 Å². The second-order valence-electron chi connectivity index (χ2n) is 4.13. The summed E-state index contributed by atoms with van der Waals surface area (Å²) in [7, 11) is 0. The topological polar surface area (TPSA) is 93.9 Å². The normalized spacial score (nSPS) is 10.8. The highest BCUT2D eigenvalue weighted by Crippen LogP contribution is 2.15. The molecule has 0 aliphatic rings. The minimum Gasteiger partial charge on any atom is -0.484 e. The van der Waals surface area contributed by atoms with E-state index < -0.39 is 0 Å². The highest BCUT2D eigenvalue weighted by molar-refractivity contribution is 7.17. The molecule has 102 valence electrons. The van der Waals surface area contributed by atoms with Crippen molar-refractivity contribution in [2.24, 2.45) is 5.73 Å². The smallest absolute Gasteiger partial charge is 0.268 e. The number of nitrogens with zero attached hydrogens (tertiary/aromatic N) is 2. The van der Waals surface area contributed by atoms with E-state index in [1.165, 1.54) is 11.3 Å². The highest BCUT2D eigenvalue weighted by Gasteiger charge is 2.05. The van der Waals surface area contributed by atoms with Crippen LogP contribution in [0, 0.1) is 0 Å². The number of hydrogen-bond acceptors (Lipinski definition) is 6. The Kier molecular flexibility index (Phi) is 3.44. The lowest BCUT2D eigenvalue weighted by Crippen LogP contribution is -2.12. The number of thiophene rings is 1. The minimum atomic E-state index is -0.139. The number of rotatable bonds is 4. The van der Waals surface area contributed by atoms with E-state index >= 15 is 0 Å². The fraction of sp³-hybridized carbons (Fsp3) is 0.154. The summed E-state index contributed by atoms with van der Waals surface area (Å²) in [5.41, 5.74) is 6.82. The predicted molar refractivity (Wildman–Crippen MR) is 76.7 cm³/mol. The number of aromatic amines is 1. The van der Waals surface area contributed by atoms with E-state index in [4.69, 9.17) is 10.5 Å². The summed E-state index contributed by atoms with van der Waals surface area (Å²) in [5.74, 6) is 1.10. The van der Waals surface area contributed by atoms with Crippen molar-refractivity contribution in [3.63, 3.8) is 0 Å². The van der Waals surface area contributed by atoms with Crippen LogP contribution in [0.1, 0.15) is 11.5 Å². The zero-order chi connectivity index (χ0) is 13.9. The molecular weight excluding hydrogens is 276 g/mol. The molecule has 3 aromatic heterocycles. The van der Waals surface area contributed by atoms with Crippen molar-refractivity contribution in [2.75, 3.05) is 0 Å². The van der Waals surface area contributed by atoms with Gasteiger partial charge in [-0.25, -0.2) is 4.98 Å². The van der Waals surface area contributed by atoms with Crippen molar-refractivity contribution in [3.05, 3.63) is 51.6 Å². The Labute approximate surface area is 118 Å². The quantitative estimate of drug-likeness (QED) is 0.757. The zero-order valence-corrected chi connectivity index (χ0v) is 11.3. The number of pyridine rings is 1. The highest BCUT2D eigenvalue weighted by atomic mass is 32.1. The van der Waals surface area contributed by atoms with Gasteiger partial charge in [0, 0.05) is 6.54 Å². The van der Waals surface area contributed by atoms with E-state index in [0.717, 1.165) is 5.69 Å². The SMILES string of the molecule is NCc1ccc(OCc2nc3ccsc3c(=O)[nH]2)cn1. The molecule has 0 aliphatic carbocycles. The number of fused-ring (bicyclic) bond motifs is 1. The zero-order valence-electron chi connectivity index (χ0n) is 10.5. The molecule has 0 saturated heterocycles. The van der Waals surface area contributed by atoms with Crippen molar-refractivity contribution in [1.82, 2.24) is 15.0 Å². The average Bonchev–Trinajstić information content (AvgIpc) is 2.94. The Morgan fingerprint density at radius 1 is 1.35 bits per heavy atom. The first kappa shape index (κ1) is 12.8. The Bertz CT molecular complexity index is 779. The molecule has 0 bridgehead atoms. The van der Waals surface area contributed by atoms with Crippen LogP contribution >= 0.6 is 11.3 Å². The maximum atomic E-state index is 11.8. The Morgan fingerprint density at radius 2 is 2.25 bits per heavy atom. The van der Waals surface area contributed by atoms with Gasteiger partial charge >= 0.3 is 0 Å². The summed E-state index contributed by atoms with van der Waals surface area (Å²) in [6, 6.07) is 5.40. The molecular formula is C13H12N4O2S. The summed E-state index contributed by atoms with van der Waals surface area (Å²) in [5, 5.41) is 1.84. The monoisotopic (exact) mass is 288 g/mol. The van der Waals surface area contributed by atoms with E-state index in [1.807, 2.05) is 11.4 Å². The van der Waals surface area contributed by atoms with E-state index in [9.17, 15) is 4.79 Å². The lowest BCUT2D eigenvalue weighted by Gasteiger charge is -2.05. The van der Waals surface area contributed by atoms with Crippen LogP contribution in [0.2, 0.25) is 0 Å². The van der Waals surface area contributed by atoms with Crippen LogP contribution in [0.3, 0.4) is 0 Å². The molecule has 0 saturated carbocycles. The molecule has 0 aliphatic heterocycles. The molecule has 3 N–H and O–H groups in total. The molecule has 0 amide bonds. The third-order valence-electron chi connectivity index (χ3n) is 2.75. The van der Waals surface area contributed by atoms with Gasteiger partial charge in [0.15, 0.2) is 0 Å². The van der Waals surface area contributed by atoms with Gasteiger partial charge in [-0.05, 0) is 23.6 Å². The number of nitrogens with one attached hydrogen (secondary N) is 1. The fourth-order valence-corrected chi connectivity index (χ4v) is 2.48. The molecule has 6 nitrogen and oxygen atoms in total. The molecule has 0 radical (unpaired) electrons. The molecule has 3 aromatic rings. The van der Waals surface area contributed by atoms with E-state index in [0.29, 0.717) is 28.3 Å². The Morgan fingerprint density at radius 3 is 3.00 bits per heavy atom. The fourth-order valence-electron chi connectivity index (χ4n) is 1.76. The summed E-state index contributed by atoms with van der Waals surface area (Å²) < 4.78 is 6.17. The van der Waals surface area contributed by atoms with Crippen LogP contribution in [0.4, 0.5) is 0 Å². The Balaban J connectivity index is 1.77. The van der Waals surface area contributed by atoms with Gasteiger partial charge in [-0.2, -0.15) is 0 Å². The summed E-state index contributed by atoms with van der Waals surface area (Å²) in [4.78, 5) is 23.0. The van der Waals surface area contributed by atoms with Crippen LogP contribution in [-0.2, 0) is 13.2 Å². The third-order valence-corrected chi connectivity index (χ3v) is 3.65. The van der Waals surface area contributed by atoms with Crippen molar-refractivity contribution in [3.8, 4) is 5.75 Å². The largest absolute Gasteiger partial charge is 0.484 e. The maximum Gasteiger partial charge on any atom is 0.268 e. The average molecular weight is 288 g/mol. The number of nitrogens with two attached hydrogens (primary N) is 1. The van der Waals surface area contributed by atoms with Gasteiger partial charge in [0.2, 0.25) is 0 Å². The van der Waals surface area contributed by atoms with Gasteiger partial charge in [0.05, 0.1) is 17.4 Å². The van der Waals surface area contributed by atoms with Gasteiger partial charge in [-0.15, -0.1) is 11.3 Å².